The Morgan fingerprint density at radius 2 is 2.16 bits per heavy atom. The molecule has 9 heteroatoms. The zero-order valence-electron chi connectivity index (χ0n) is 9.96. The van der Waals surface area contributed by atoms with Crippen molar-refractivity contribution < 1.29 is 27.8 Å². The van der Waals surface area contributed by atoms with Gasteiger partial charge in [-0.05, 0) is 22.4 Å². The van der Waals surface area contributed by atoms with E-state index in [1.807, 2.05) is 0 Å². The molecule has 1 aromatic heterocycles. The van der Waals surface area contributed by atoms with Crippen molar-refractivity contribution in [3.05, 3.63) is 16.5 Å². The fourth-order valence-corrected chi connectivity index (χ4v) is 4.28. The van der Waals surface area contributed by atoms with Gasteiger partial charge in [-0.15, -0.1) is 0 Å². The number of furan rings is 1. The summed E-state index contributed by atoms with van der Waals surface area (Å²) in [7, 11) is -3.86. The molecule has 0 spiro atoms. The summed E-state index contributed by atoms with van der Waals surface area (Å²) in [6, 6.07) is 0.949. The van der Waals surface area contributed by atoms with E-state index in [-0.39, 0.29) is 22.7 Å². The number of carboxylic acid groups (broad SMARTS) is 1. The third-order valence-corrected chi connectivity index (χ3v) is 5.73. The van der Waals surface area contributed by atoms with E-state index in [4.69, 9.17) is 9.52 Å². The summed E-state index contributed by atoms with van der Waals surface area (Å²) in [5, 5.41) is 18.6. The minimum Gasteiger partial charge on any atom is -0.475 e. The molecule has 0 unspecified atom stereocenters. The van der Waals surface area contributed by atoms with Crippen LogP contribution in [-0.2, 0) is 10.0 Å². The van der Waals surface area contributed by atoms with Crippen LogP contribution in [0.5, 0.6) is 0 Å². The number of halogens is 1. The van der Waals surface area contributed by atoms with Crippen LogP contribution in [0, 0.1) is 0 Å². The summed E-state index contributed by atoms with van der Waals surface area (Å²) in [5.41, 5.74) is -1.00. The van der Waals surface area contributed by atoms with Gasteiger partial charge in [-0.3, -0.25) is 0 Å². The Morgan fingerprint density at radius 1 is 1.58 bits per heavy atom. The largest absolute Gasteiger partial charge is 0.475 e. The molecule has 2 heterocycles. The number of nitrogens with zero attached hydrogens (tertiary/aromatic N) is 1. The molecule has 7 nitrogen and oxygen atoms in total. The number of β-amino-alcohol motifs (C(OH)–C–C–N with tert-alkyl or cyclic N) is 1. The quantitative estimate of drug-likeness (QED) is 0.831. The Kier molecular flexibility index (Phi) is 3.50. The molecule has 1 aliphatic rings. The molecule has 0 aromatic carbocycles. The molecule has 0 saturated carbocycles. The highest BCUT2D eigenvalue weighted by atomic mass is 79.9. The topological polar surface area (TPSA) is 108 Å². The zero-order valence-corrected chi connectivity index (χ0v) is 12.4. The number of rotatable bonds is 4. The summed E-state index contributed by atoms with van der Waals surface area (Å²) in [6.07, 6.45) is 0.450. The smallest absolute Gasteiger partial charge is 0.371 e. The lowest BCUT2D eigenvalue weighted by Crippen LogP contribution is -2.62. The van der Waals surface area contributed by atoms with Gasteiger partial charge in [-0.1, -0.05) is 6.92 Å². The van der Waals surface area contributed by atoms with Crippen molar-refractivity contribution in [2.75, 3.05) is 13.1 Å². The third kappa shape index (κ3) is 2.42. The first kappa shape index (κ1) is 14.5. The van der Waals surface area contributed by atoms with E-state index >= 15 is 0 Å². The maximum atomic E-state index is 12.2. The lowest BCUT2D eigenvalue weighted by Gasteiger charge is -2.44. The molecule has 1 saturated heterocycles. The molecule has 19 heavy (non-hydrogen) atoms. The average molecular weight is 354 g/mol. The summed E-state index contributed by atoms with van der Waals surface area (Å²) in [6.45, 7) is 1.75. The minimum absolute atomic E-state index is 0.00808. The summed E-state index contributed by atoms with van der Waals surface area (Å²) >= 11 is 2.89. The minimum atomic E-state index is -3.86. The van der Waals surface area contributed by atoms with Crippen molar-refractivity contribution in [2.45, 2.75) is 23.8 Å². The monoisotopic (exact) mass is 353 g/mol. The van der Waals surface area contributed by atoms with Crippen LogP contribution in [0.15, 0.2) is 20.0 Å². The number of aliphatic hydroxyl groups is 1. The van der Waals surface area contributed by atoms with Crippen molar-refractivity contribution in [1.29, 1.82) is 0 Å². The maximum Gasteiger partial charge on any atom is 0.371 e. The van der Waals surface area contributed by atoms with E-state index in [1.54, 1.807) is 6.92 Å². The first-order valence-electron chi connectivity index (χ1n) is 5.45. The molecular weight excluding hydrogens is 342 g/mol. The first-order valence-corrected chi connectivity index (χ1v) is 7.68. The Morgan fingerprint density at radius 3 is 2.58 bits per heavy atom. The molecule has 0 atom stereocenters. The van der Waals surface area contributed by atoms with Crippen molar-refractivity contribution in [3.63, 3.8) is 0 Å². The predicted octanol–water partition coefficient (Wildman–Crippen LogP) is 0.886. The van der Waals surface area contributed by atoms with Crippen LogP contribution in [-0.4, -0.2) is 47.6 Å². The molecule has 1 aliphatic heterocycles. The molecule has 0 radical (unpaired) electrons. The number of aromatic carboxylic acids is 1. The molecule has 1 fully saturated rings. The molecule has 2 rings (SSSR count). The lowest BCUT2D eigenvalue weighted by molar-refractivity contribution is -0.0613. The van der Waals surface area contributed by atoms with E-state index in [9.17, 15) is 18.3 Å². The van der Waals surface area contributed by atoms with Crippen LogP contribution in [0.2, 0.25) is 0 Å². The number of sulfonamides is 1. The van der Waals surface area contributed by atoms with Gasteiger partial charge in [0, 0.05) is 19.2 Å². The van der Waals surface area contributed by atoms with Gasteiger partial charge >= 0.3 is 5.97 Å². The standard InChI is InChI=1S/C10H12BrNO6S/c1-2-10(15)4-12(5-10)19(16,17)7-3-6(9(13)14)18-8(7)11/h3,15H,2,4-5H2,1H3,(H,13,14). The maximum absolute atomic E-state index is 12.2. The molecule has 0 amide bonds. The van der Waals surface area contributed by atoms with Crippen LogP contribution in [0.1, 0.15) is 23.9 Å². The van der Waals surface area contributed by atoms with E-state index in [2.05, 4.69) is 15.9 Å². The number of hydrogen-bond donors (Lipinski definition) is 2. The van der Waals surface area contributed by atoms with E-state index in [1.165, 1.54) is 0 Å². The van der Waals surface area contributed by atoms with Gasteiger partial charge in [0.25, 0.3) is 0 Å². The van der Waals surface area contributed by atoms with Crippen molar-refractivity contribution in [1.82, 2.24) is 4.31 Å². The second-order valence-corrected chi connectivity index (χ2v) is 7.03. The van der Waals surface area contributed by atoms with Crippen molar-refractivity contribution >= 4 is 31.9 Å². The number of carbonyl (C=O) groups is 1. The fraction of sp³-hybridized carbons (Fsp3) is 0.500. The molecule has 0 aliphatic carbocycles. The third-order valence-electron chi connectivity index (χ3n) is 3.08. The average Bonchev–Trinajstić information content (AvgIpc) is 2.68. The van der Waals surface area contributed by atoms with Crippen LogP contribution in [0.4, 0.5) is 0 Å². The lowest BCUT2D eigenvalue weighted by atomic mass is 9.94. The number of hydrogen-bond acceptors (Lipinski definition) is 5. The second kappa shape index (κ2) is 4.58. The van der Waals surface area contributed by atoms with Crippen LogP contribution in [0.25, 0.3) is 0 Å². The summed E-state index contributed by atoms with van der Waals surface area (Å²) < 4.78 is 30.1. The molecular formula is C10H12BrNO6S. The summed E-state index contributed by atoms with van der Waals surface area (Å²) in [4.78, 5) is 10.5. The number of carboxylic acids is 1. The molecule has 0 bridgehead atoms. The Hall–Kier alpha value is -0.900. The second-order valence-electron chi connectivity index (χ2n) is 4.40. The van der Waals surface area contributed by atoms with Gasteiger partial charge in [0.05, 0.1) is 5.60 Å². The summed E-state index contributed by atoms with van der Waals surface area (Å²) in [5.74, 6) is -1.81. The van der Waals surface area contributed by atoms with Gasteiger partial charge in [-0.25, -0.2) is 13.2 Å². The zero-order chi connectivity index (χ0) is 14.4. The van der Waals surface area contributed by atoms with Gasteiger partial charge in [0.1, 0.15) is 4.90 Å². The van der Waals surface area contributed by atoms with Gasteiger partial charge in [0.15, 0.2) is 4.67 Å². The highest BCUT2D eigenvalue weighted by Crippen LogP contribution is 2.34. The van der Waals surface area contributed by atoms with E-state index in [0.717, 1.165) is 10.4 Å². The van der Waals surface area contributed by atoms with E-state index in [0.29, 0.717) is 6.42 Å². The Bertz CT molecular complexity index is 616. The Labute approximate surface area is 118 Å². The van der Waals surface area contributed by atoms with Gasteiger partial charge in [0.2, 0.25) is 15.8 Å². The van der Waals surface area contributed by atoms with Crippen LogP contribution in [0.3, 0.4) is 0 Å². The molecule has 1 aromatic rings. The van der Waals surface area contributed by atoms with Crippen molar-refractivity contribution in [3.8, 4) is 0 Å². The van der Waals surface area contributed by atoms with Crippen LogP contribution < -0.4 is 0 Å². The van der Waals surface area contributed by atoms with Gasteiger partial charge < -0.3 is 14.6 Å². The molecule has 106 valence electrons. The highest BCUT2D eigenvalue weighted by molar-refractivity contribution is 9.10. The highest BCUT2D eigenvalue weighted by Gasteiger charge is 2.47. The predicted molar refractivity (Wildman–Crippen MR) is 67.4 cm³/mol. The van der Waals surface area contributed by atoms with Crippen molar-refractivity contribution in [2.24, 2.45) is 0 Å². The fourth-order valence-electron chi connectivity index (χ4n) is 1.78. The normalized spacial score (nSPS) is 19.1. The van der Waals surface area contributed by atoms with Crippen LogP contribution >= 0.6 is 15.9 Å². The molecule has 2 N–H and O–H groups in total. The first-order chi connectivity index (χ1) is 8.69. The van der Waals surface area contributed by atoms with Gasteiger partial charge in [-0.2, -0.15) is 4.31 Å². The SMILES string of the molecule is CCC1(O)CN(S(=O)(=O)c2cc(C(=O)O)oc2Br)C1. The van der Waals surface area contributed by atoms with E-state index < -0.39 is 27.4 Å². The Balaban J connectivity index is 2.29.